The molecule has 2 aromatic rings. The Kier molecular flexibility index (Phi) is 6.92. The van der Waals surface area contributed by atoms with E-state index in [2.05, 4.69) is 11.8 Å². The number of carboxylic acid groups (broad SMARTS) is 1. The van der Waals surface area contributed by atoms with Crippen molar-refractivity contribution in [2.45, 2.75) is 95.6 Å². The van der Waals surface area contributed by atoms with Crippen molar-refractivity contribution in [1.82, 2.24) is 4.90 Å². The second-order valence-corrected chi connectivity index (χ2v) is 11.0. The third-order valence-electron chi connectivity index (χ3n) is 8.52. The molecule has 8 heteroatoms. The summed E-state index contributed by atoms with van der Waals surface area (Å²) in [6, 6.07) is 5.35. The van der Waals surface area contributed by atoms with Crippen molar-refractivity contribution in [2.24, 2.45) is 11.8 Å². The highest BCUT2D eigenvalue weighted by molar-refractivity contribution is 5.89. The van der Waals surface area contributed by atoms with Crippen LogP contribution in [0.1, 0.15) is 75.8 Å². The number of halogens is 4. The van der Waals surface area contributed by atoms with E-state index >= 15 is 4.39 Å². The maximum atomic E-state index is 15.2. The van der Waals surface area contributed by atoms with Crippen LogP contribution in [-0.2, 0) is 17.5 Å². The molecule has 0 radical (unpaired) electrons. The van der Waals surface area contributed by atoms with Crippen LogP contribution in [0.5, 0.6) is 5.75 Å². The summed E-state index contributed by atoms with van der Waals surface area (Å²) in [6.07, 6.45) is 2.00. The monoisotopic (exact) mass is 507 g/mol. The van der Waals surface area contributed by atoms with Gasteiger partial charge in [0.15, 0.2) is 0 Å². The number of carbonyl (C=O) groups is 1. The smallest absolute Gasteiger partial charge is 0.420 e. The van der Waals surface area contributed by atoms with E-state index in [4.69, 9.17) is 4.74 Å². The van der Waals surface area contributed by atoms with E-state index in [1.165, 1.54) is 24.3 Å². The molecule has 1 N–H and O–H groups in total. The summed E-state index contributed by atoms with van der Waals surface area (Å²) in [5.74, 6) is -1.40. The van der Waals surface area contributed by atoms with Gasteiger partial charge in [-0.2, -0.15) is 13.2 Å². The summed E-state index contributed by atoms with van der Waals surface area (Å²) in [4.78, 5) is 13.7. The van der Waals surface area contributed by atoms with Crippen LogP contribution >= 0.6 is 0 Å². The number of alkyl halides is 3. The maximum Gasteiger partial charge on any atom is 0.420 e. The third-order valence-corrected chi connectivity index (χ3v) is 8.52. The van der Waals surface area contributed by atoms with Gasteiger partial charge in [0, 0.05) is 24.2 Å². The van der Waals surface area contributed by atoms with Crippen LogP contribution in [0, 0.1) is 17.7 Å². The zero-order valence-corrected chi connectivity index (χ0v) is 20.5. The first-order chi connectivity index (χ1) is 17.1. The van der Waals surface area contributed by atoms with E-state index in [0.29, 0.717) is 18.8 Å². The van der Waals surface area contributed by atoms with Gasteiger partial charge in [0.1, 0.15) is 17.1 Å². The first-order valence-electron chi connectivity index (χ1n) is 13.1. The molecule has 2 heterocycles. The minimum atomic E-state index is -4.65. The Labute approximate surface area is 208 Å². The van der Waals surface area contributed by atoms with Gasteiger partial charge in [0.2, 0.25) is 0 Å². The molecular formula is C28H33F4NO3. The number of nitrogens with zero attached hydrogens (tertiary/aromatic N) is 1. The van der Waals surface area contributed by atoms with Crippen LogP contribution < -0.4 is 4.74 Å². The normalized spacial score (nSPS) is 29.3. The summed E-state index contributed by atoms with van der Waals surface area (Å²) < 4.78 is 64.1. The van der Waals surface area contributed by atoms with E-state index in [9.17, 15) is 23.1 Å². The minimum absolute atomic E-state index is 0.000792. The van der Waals surface area contributed by atoms with Gasteiger partial charge in [-0.1, -0.05) is 19.4 Å². The topological polar surface area (TPSA) is 49.8 Å². The van der Waals surface area contributed by atoms with Crippen molar-refractivity contribution < 1.29 is 32.2 Å². The molecule has 3 aliphatic rings. The largest absolute Gasteiger partial charge is 0.490 e. The average Bonchev–Trinajstić information content (AvgIpc) is 2.80. The molecule has 0 amide bonds. The zero-order valence-electron chi connectivity index (χ0n) is 20.5. The van der Waals surface area contributed by atoms with Crippen LogP contribution in [0.25, 0.3) is 10.8 Å². The Balaban J connectivity index is 1.48. The van der Waals surface area contributed by atoms with Crippen LogP contribution in [0.3, 0.4) is 0 Å². The zero-order chi connectivity index (χ0) is 25.6. The molecule has 3 fully saturated rings. The summed E-state index contributed by atoms with van der Waals surface area (Å²) in [6.45, 7) is 2.31. The Bertz CT molecular complexity index is 1110. The number of fused-ring (bicyclic) bond motifs is 3. The van der Waals surface area contributed by atoms with Crippen molar-refractivity contribution >= 4 is 16.7 Å². The van der Waals surface area contributed by atoms with E-state index in [0.717, 1.165) is 44.9 Å². The molecule has 0 aromatic heterocycles. The number of piperidine rings is 2. The predicted octanol–water partition coefficient (Wildman–Crippen LogP) is 7.17. The van der Waals surface area contributed by atoms with E-state index in [1.807, 2.05) is 0 Å². The molecule has 2 atom stereocenters. The lowest BCUT2D eigenvalue weighted by Gasteiger charge is -2.48. The highest BCUT2D eigenvalue weighted by atomic mass is 19.4. The quantitative estimate of drug-likeness (QED) is 0.436. The standard InChI is InChI=1S/C28H33F4NO3/c1-16-5-8-22(9-6-16)36-25-10-7-17-14-24(29)19(13-23(17)26(25)28(30,31)32)15-33-20-3-2-4-21(33)12-18(11-20)27(34)35/h7,10,13-14,16,18,20-22H,2-6,8-9,11-12,15H2,1H3,(H,34,35)/t16-,18?,20?,21?,22+. The van der Waals surface area contributed by atoms with E-state index in [1.54, 1.807) is 0 Å². The van der Waals surface area contributed by atoms with Gasteiger partial charge in [-0.15, -0.1) is 0 Å². The van der Waals surface area contributed by atoms with Crippen molar-refractivity contribution in [3.63, 3.8) is 0 Å². The molecule has 2 aliphatic heterocycles. The molecule has 2 saturated heterocycles. The first-order valence-corrected chi connectivity index (χ1v) is 13.1. The average molecular weight is 508 g/mol. The molecule has 196 valence electrons. The molecular weight excluding hydrogens is 474 g/mol. The fraction of sp³-hybridized carbons (Fsp3) is 0.607. The SMILES string of the molecule is C[C@H]1CC[C@@H](Oc2ccc3cc(F)c(CN4C5CCCC4CC(C(=O)O)C5)cc3c2C(F)(F)F)CC1. The highest BCUT2D eigenvalue weighted by Gasteiger charge is 2.41. The van der Waals surface area contributed by atoms with Gasteiger partial charge >= 0.3 is 12.1 Å². The number of aliphatic carboxylic acids is 1. The lowest BCUT2D eigenvalue weighted by molar-refractivity contribution is -0.146. The maximum absolute atomic E-state index is 15.2. The van der Waals surface area contributed by atoms with Gasteiger partial charge in [-0.25, -0.2) is 4.39 Å². The fourth-order valence-corrected chi connectivity index (χ4v) is 6.54. The van der Waals surface area contributed by atoms with Gasteiger partial charge in [-0.05, 0) is 86.3 Å². The van der Waals surface area contributed by atoms with Crippen LogP contribution in [0.15, 0.2) is 24.3 Å². The number of hydrogen-bond acceptors (Lipinski definition) is 3. The summed E-state index contributed by atoms with van der Waals surface area (Å²) in [7, 11) is 0. The van der Waals surface area contributed by atoms with Crippen LogP contribution in [0.4, 0.5) is 17.6 Å². The van der Waals surface area contributed by atoms with Gasteiger partial charge in [0.25, 0.3) is 0 Å². The molecule has 0 spiro atoms. The van der Waals surface area contributed by atoms with Crippen LogP contribution in [-0.4, -0.2) is 34.2 Å². The fourth-order valence-electron chi connectivity index (χ4n) is 6.54. The summed E-state index contributed by atoms with van der Waals surface area (Å²) in [5.41, 5.74) is -0.632. The summed E-state index contributed by atoms with van der Waals surface area (Å²) >= 11 is 0. The van der Waals surface area contributed by atoms with Gasteiger partial charge in [-0.3, -0.25) is 9.69 Å². The molecule has 4 nitrogen and oxygen atoms in total. The van der Waals surface area contributed by atoms with E-state index in [-0.39, 0.29) is 46.8 Å². The number of carboxylic acids is 1. The first kappa shape index (κ1) is 25.3. The van der Waals surface area contributed by atoms with Crippen molar-refractivity contribution in [2.75, 3.05) is 0 Å². The molecule has 2 bridgehead atoms. The van der Waals surface area contributed by atoms with Crippen molar-refractivity contribution in [3.8, 4) is 5.75 Å². The molecule has 5 rings (SSSR count). The Hall–Kier alpha value is -2.35. The molecule has 1 saturated carbocycles. The lowest BCUT2D eigenvalue weighted by Crippen LogP contribution is -2.52. The highest BCUT2D eigenvalue weighted by Crippen LogP contribution is 2.44. The molecule has 2 aromatic carbocycles. The lowest BCUT2D eigenvalue weighted by atomic mass is 9.78. The molecule has 2 unspecified atom stereocenters. The van der Waals surface area contributed by atoms with Gasteiger partial charge < -0.3 is 9.84 Å². The Morgan fingerprint density at radius 1 is 1.06 bits per heavy atom. The van der Waals surface area contributed by atoms with Gasteiger partial charge in [0.05, 0.1) is 12.0 Å². The Morgan fingerprint density at radius 2 is 1.72 bits per heavy atom. The predicted molar refractivity (Wildman–Crippen MR) is 128 cm³/mol. The number of ether oxygens (including phenoxy) is 1. The minimum Gasteiger partial charge on any atom is -0.490 e. The molecule has 1 aliphatic carbocycles. The van der Waals surface area contributed by atoms with Crippen molar-refractivity contribution in [1.29, 1.82) is 0 Å². The number of benzene rings is 2. The van der Waals surface area contributed by atoms with E-state index < -0.39 is 29.4 Å². The van der Waals surface area contributed by atoms with Crippen LogP contribution in [0.2, 0.25) is 0 Å². The Morgan fingerprint density at radius 3 is 2.33 bits per heavy atom. The number of hydrogen-bond donors (Lipinski definition) is 1. The van der Waals surface area contributed by atoms with Crippen molar-refractivity contribution in [3.05, 3.63) is 41.2 Å². The molecule has 36 heavy (non-hydrogen) atoms. The second-order valence-electron chi connectivity index (χ2n) is 11.0. The summed E-state index contributed by atoms with van der Waals surface area (Å²) in [5, 5.41) is 9.64. The third kappa shape index (κ3) is 5.06. The second kappa shape index (κ2) is 9.84. The number of rotatable bonds is 5.